The van der Waals surface area contributed by atoms with E-state index >= 15 is 0 Å². The van der Waals surface area contributed by atoms with E-state index in [1.165, 1.54) is 0 Å². The molecular formula is C17H18BrNO2. The van der Waals surface area contributed by atoms with Gasteiger partial charge in [-0.05, 0) is 30.7 Å². The van der Waals surface area contributed by atoms with Crippen LogP contribution >= 0.6 is 15.9 Å². The lowest BCUT2D eigenvalue weighted by Gasteiger charge is -2.18. The van der Waals surface area contributed by atoms with E-state index in [9.17, 15) is 4.79 Å². The molecule has 110 valence electrons. The Labute approximate surface area is 133 Å². The van der Waals surface area contributed by atoms with E-state index in [0.717, 1.165) is 15.7 Å². The Hall–Kier alpha value is -1.81. The third kappa shape index (κ3) is 4.90. The number of ether oxygens (including phenoxy) is 1. The average Bonchev–Trinajstić information content (AvgIpc) is 2.48. The van der Waals surface area contributed by atoms with E-state index < -0.39 is 6.04 Å². The molecule has 0 bridgehead atoms. The van der Waals surface area contributed by atoms with Crippen LogP contribution in [0, 0.1) is 0 Å². The fraction of sp³-hybridized carbons (Fsp3) is 0.235. The Bertz CT molecular complexity index is 586. The molecule has 0 radical (unpaired) electrons. The van der Waals surface area contributed by atoms with Gasteiger partial charge in [-0.1, -0.05) is 52.3 Å². The molecule has 1 N–H and O–H groups in total. The Morgan fingerprint density at radius 3 is 2.62 bits per heavy atom. The molecule has 0 aliphatic heterocycles. The van der Waals surface area contributed by atoms with Gasteiger partial charge in [-0.2, -0.15) is 0 Å². The number of nitrogens with one attached hydrogen (secondary N) is 1. The monoisotopic (exact) mass is 347 g/mol. The van der Waals surface area contributed by atoms with Crippen molar-refractivity contribution in [3.8, 4) is 0 Å². The summed E-state index contributed by atoms with van der Waals surface area (Å²) in [5.74, 6) is -0.235. The number of esters is 1. The van der Waals surface area contributed by atoms with Crippen LogP contribution in [0.3, 0.4) is 0 Å². The minimum atomic E-state index is -0.401. The summed E-state index contributed by atoms with van der Waals surface area (Å²) in [6.45, 7) is 2.20. The molecule has 2 aromatic rings. The summed E-state index contributed by atoms with van der Waals surface area (Å²) in [5, 5.41) is 3.25. The van der Waals surface area contributed by atoms with Gasteiger partial charge >= 0.3 is 5.97 Å². The molecule has 0 amide bonds. The van der Waals surface area contributed by atoms with E-state index in [4.69, 9.17) is 4.74 Å². The zero-order chi connectivity index (χ0) is 15.1. The third-order valence-corrected chi connectivity index (χ3v) is 3.51. The molecule has 0 aromatic heterocycles. The molecule has 1 atom stereocenters. The van der Waals surface area contributed by atoms with Gasteiger partial charge in [0, 0.05) is 16.6 Å². The SMILES string of the molecule is CCOC(=O)C(Cc1ccccc1)Nc1cccc(Br)c1. The molecule has 0 spiro atoms. The second-order valence-corrected chi connectivity index (χ2v) is 5.56. The van der Waals surface area contributed by atoms with Crippen molar-refractivity contribution in [2.24, 2.45) is 0 Å². The second-order valence-electron chi connectivity index (χ2n) is 4.65. The minimum absolute atomic E-state index is 0.235. The summed E-state index contributed by atoms with van der Waals surface area (Å²) in [6, 6.07) is 17.3. The maximum Gasteiger partial charge on any atom is 0.328 e. The molecule has 4 heteroatoms. The first-order valence-corrected chi connectivity index (χ1v) is 7.71. The molecule has 0 saturated carbocycles. The number of carbonyl (C=O) groups excluding carboxylic acids is 1. The Balaban J connectivity index is 2.14. The number of rotatable bonds is 6. The zero-order valence-electron chi connectivity index (χ0n) is 11.9. The minimum Gasteiger partial charge on any atom is -0.464 e. The summed E-state index contributed by atoms with van der Waals surface area (Å²) in [6.07, 6.45) is 0.589. The molecule has 0 aliphatic carbocycles. The predicted molar refractivity (Wildman–Crippen MR) is 88.3 cm³/mol. The fourth-order valence-electron chi connectivity index (χ4n) is 2.07. The smallest absolute Gasteiger partial charge is 0.328 e. The number of halogens is 1. The van der Waals surface area contributed by atoms with Crippen LogP contribution in [0.15, 0.2) is 59.1 Å². The number of anilines is 1. The van der Waals surface area contributed by atoms with Crippen LogP contribution in [0.5, 0.6) is 0 Å². The van der Waals surface area contributed by atoms with Crippen LogP contribution in [-0.4, -0.2) is 18.6 Å². The fourth-order valence-corrected chi connectivity index (χ4v) is 2.46. The predicted octanol–water partition coefficient (Wildman–Crippen LogP) is 4.04. The lowest BCUT2D eigenvalue weighted by atomic mass is 10.1. The summed E-state index contributed by atoms with van der Waals surface area (Å²) in [7, 11) is 0. The summed E-state index contributed by atoms with van der Waals surface area (Å²) in [4.78, 5) is 12.1. The van der Waals surface area contributed by atoms with Crippen molar-refractivity contribution in [3.63, 3.8) is 0 Å². The number of benzene rings is 2. The van der Waals surface area contributed by atoms with Crippen LogP contribution in [0.1, 0.15) is 12.5 Å². The molecule has 3 nitrogen and oxygen atoms in total. The van der Waals surface area contributed by atoms with Gasteiger partial charge in [0.2, 0.25) is 0 Å². The lowest BCUT2D eigenvalue weighted by molar-refractivity contribution is -0.144. The van der Waals surface area contributed by atoms with Gasteiger partial charge in [0.15, 0.2) is 0 Å². The highest BCUT2D eigenvalue weighted by Gasteiger charge is 2.20. The standard InChI is InChI=1S/C17H18BrNO2/c1-2-21-17(20)16(11-13-7-4-3-5-8-13)19-15-10-6-9-14(18)12-15/h3-10,12,16,19H,2,11H2,1H3. The van der Waals surface area contributed by atoms with E-state index in [1.54, 1.807) is 0 Å². The molecule has 2 rings (SSSR count). The summed E-state index contributed by atoms with van der Waals surface area (Å²) < 4.78 is 6.13. The molecule has 2 aromatic carbocycles. The first-order valence-electron chi connectivity index (χ1n) is 6.91. The average molecular weight is 348 g/mol. The van der Waals surface area contributed by atoms with Gasteiger partial charge in [0.05, 0.1) is 6.61 Å². The van der Waals surface area contributed by atoms with Gasteiger partial charge in [0.1, 0.15) is 6.04 Å². The maximum atomic E-state index is 12.1. The van der Waals surface area contributed by atoms with Crippen molar-refractivity contribution in [3.05, 3.63) is 64.6 Å². The first-order chi connectivity index (χ1) is 10.2. The van der Waals surface area contributed by atoms with Gasteiger partial charge in [0.25, 0.3) is 0 Å². The van der Waals surface area contributed by atoms with Crippen LogP contribution in [0.2, 0.25) is 0 Å². The highest BCUT2D eigenvalue weighted by Crippen LogP contribution is 2.18. The van der Waals surface area contributed by atoms with Crippen molar-refractivity contribution in [1.29, 1.82) is 0 Å². The van der Waals surface area contributed by atoms with E-state index in [-0.39, 0.29) is 5.97 Å². The third-order valence-electron chi connectivity index (χ3n) is 3.02. The molecule has 0 fully saturated rings. The highest BCUT2D eigenvalue weighted by atomic mass is 79.9. The Morgan fingerprint density at radius 1 is 1.19 bits per heavy atom. The van der Waals surface area contributed by atoms with Gasteiger partial charge < -0.3 is 10.1 Å². The maximum absolute atomic E-state index is 12.1. The molecule has 1 unspecified atom stereocenters. The Morgan fingerprint density at radius 2 is 1.95 bits per heavy atom. The molecule has 0 heterocycles. The number of hydrogen-bond donors (Lipinski definition) is 1. The molecule has 21 heavy (non-hydrogen) atoms. The topological polar surface area (TPSA) is 38.3 Å². The van der Waals surface area contributed by atoms with Crippen molar-refractivity contribution in [2.75, 3.05) is 11.9 Å². The van der Waals surface area contributed by atoms with Gasteiger partial charge in [-0.3, -0.25) is 0 Å². The van der Waals surface area contributed by atoms with E-state index in [2.05, 4.69) is 21.2 Å². The molecular weight excluding hydrogens is 330 g/mol. The van der Waals surface area contributed by atoms with Gasteiger partial charge in [-0.15, -0.1) is 0 Å². The molecule has 0 saturated heterocycles. The first kappa shape index (κ1) is 15.6. The summed E-state index contributed by atoms with van der Waals surface area (Å²) in [5.41, 5.74) is 1.98. The quantitative estimate of drug-likeness (QED) is 0.801. The number of hydrogen-bond acceptors (Lipinski definition) is 3. The number of carbonyl (C=O) groups is 1. The Kier molecular flexibility index (Phi) is 5.81. The lowest BCUT2D eigenvalue weighted by Crippen LogP contribution is -2.33. The van der Waals surface area contributed by atoms with Crippen molar-refractivity contribution < 1.29 is 9.53 Å². The van der Waals surface area contributed by atoms with E-state index in [1.807, 2.05) is 61.5 Å². The van der Waals surface area contributed by atoms with Crippen molar-refractivity contribution in [1.82, 2.24) is 0 Å². The van der Waals surface area contributed by atoms with E-state index in [0.29, 0.717) is 13.0 Å². The van der Waals surface area contributed by atoms with Crippen molar-refractivity contribution >= 4 is 27.6 Å². The van der Waals surface area contributed by atoms with Crippen LogP contribution in [-0.2, 0) is 16.0 Å². The summed E-state index contributed by atoms with van der Waals surface area (Å²) >= 11 is 3.43. The largest absolute Gasteiger partial charge is 0.464 e. The van der Waals surface area contributed by atoms with Gasteiger partial charge in [-0.25, -0.2) is 4.79 Å². The van der Waals surface area contributed by atoms with Crippen LogP contribution in [0.25, 0.3) is 0 Å². The zero-order valence-corrected chi connectivity index (χ0v) is 13.5. The molecule has 0 aliphatic rings. The second kappa shape index (κ2) is 7.84. The van der Waals surface area contributed by atoms with Crippen LogP contribution < -0.4 is 5.32 Å². The highest BCUT2D eigenvalue weighted by molar-refractivity contribution is 9.10. The van der Waals surface area contributed by atoms with Crippen molar-refractivity contribution in [2.45, 2.75) is 19.4 Å². The normalized spacial score (nSPS) is 11.7. The van der Waals surface area contributed by atoms with Crippen LogP contribution in [0.4, 0.5) is 5.69 Å².